The Morgan fingerprint density at radius 3 is 2.48 bits per heavy atom. The van der Waals surface area contributed by atoms with Crippen LogP contribution < -0.4 is 5.73 Å². The number of thiazole rings is 1. The van der Waals surface area contributed by atoms with Crippen molar-refractivity contribution in [2.75, 3.05) is 26.2 Å². The van der Waals surface area contributed by atoms with Gasteiger partial charge in [-0.3, -0.25) is 4.79 Å². The third kappa shape index (κ3) is 3.34. The number of hydrogen-bond acceptors (Lipinski definition) is 4. The maximum atomic E-state index is 12.8. The van der Waals surface area contributed by atoms with Crippen molar-refractivity contribution in [1.29, 1.82) is 0 Å². The number of nitrogens with two attached hydrogens (primary N) is 1. The van der Waals surface area contributed by atoms with Gasteiger partial charge in [-0.1, -0.05) is 30.3 Å². The lowest BCUT2D eigenvalue weighted by molar-refractivity contribution is 0.0758. The molecular formula is C16H18N4O2S. The highest BCUT2D eigenvalue weighted by molar-refractivity contribution is 7.13. The summed E-state index contributed by atoms with van der Waals surface area (Å²) in [5, 5.41) is 0. The third-order valence-electron chi connectivity index (χ3n) is 3.90. The summed E-state index contributed by atoms with van der Waals surface area (Å²) in [6.07, 6.45) is 0.722. The van der Waals surface area contributed by atoms with Crippen LogP contribution in [0.3, 0.4) is 0 Å². The second-order valence-electron chi connectivity index (χ2n) is 5.37. The predicted molar refractivity (Wildman–Crippen MR) is 89.2 cm³/mol. The summed E-state index contributed by atoms with van der Waals surface area (Å²) in [6, 6.07) is 9.35. The standard InChI is InChI=1S/C16H18N4O2S/c17-16(22)20-8-4-7-19(9-10-20)15(21)13-14(23-11-18-13)12-5-2-1-3-6-12/h1-3,5-6,11H,4,7-10H2,(H2,17,22). The summed E-state index contributed by atoms with van der Waals surface area (Å²) in [5.74, 6) is -0.0866. The molecule has 1 aliphatic rings. The van der Waals surface area contributed by atoms with Gasteiger partial charge >= 0.3 is 6.03 Å². The van der Waals surface area contributed by atoms with Gasteiger partial charge in [0.05, 0.1) is 10.4 Å². The van der Waals surface area contributed by atoms with Crippen LogP contribution >= 0.6 is 11.3 Å². The molecule has 2 aromatic rings. The van der Waals surface area contributed by atoms with E-state index in [2.05, 4.69) is 4.98 Å². The van der Waals surface area contributed by atoms with E-state index in [1.54, 1.807) is 15.3 Å². The molecule has 23 heavy (non-hydrogen) atoms. The molecule has 1 aromatic heterocycles. The molecule has 0 spiro atoms. The van der Waals surface area contributed by atoms with E-state index in [0.717, 1.165) is 16.9 Å². The highest BCUT2D eigenvalue weighted by Crippen LogP contribution is 2.28. The van der Waals surface area contributed by atoms with Crippen molar-refractivity contribution in [3.63, 3.8) is 0 Å². The fourth-order valence-corrected chi connectivity index (χ4v) is 3.47. The Hall–Kier alpha value is -2.41. The predicted octanol–water partition coefficient (Wildman–Crippen LogP) is 2.04. The summed E-state index contributed by atoms with van der Waals surface area (Å²) in [7, 11) is 0. The first-order chi connectivity index (χ1) is 11.2. The molecule has 0 unspecified atom stereocenters. The molecule has 0 saturated carbocycles. The van der Waals surface area contributed by atoms with Gasteiger partial charge < -0.3 is 15.5 Å². The highest BCUT2D eigenvalue weighted by Gasteiger charge is 2.25. The van der Waals surface area contributed by atoms with Crippen molar-refractivity contribution in [3.8, 4) is 10.4 Å². The van der Waals surface area contributed by atoms with E-state index in [-0.39, 0.29) is 5.91 Å². The Kier molecular flexibility index (Phi) is 4.57. The zero-order valence-electron chi connectivity index (χ0n) is 12.6. The van der Waals surface area contributed by atoms with Crippen LogP contribution in [0.4, 0.5) is 4.79 Å². The molecule has 2 heterocycles. The first kappa shape index (κ1) is 15.5. The molecule has 7 heteroatoms. The van der Waals surface area contributed by atoms with Gasteiger partial charge in [-0.15, -0.1) is 11.3 Å². The van der Waals surface area contributed by atoms with Crippen LogP contribution in [0.2, 0.25) is 0 Å². The van der Waals surface area contributed by atoms with Gasteiger partial charge in [0.1, 0.15) is 5.69 Å². The molecule has 3 amide bonds. The molecule has 120 valence electrons. The van der Waals surface area contributed by atoms with Crippen LogP contribution in [0.15, 0.2) is 35.8 Å². The molecule has 3 rings (SSSR count). The maximum absolute atomic E-state index is 12.8. The molecule has 0 radical (unpaired) electrons. The summed E-state index contributed by atoms with van der Waals surface area (Å²) in [5.41, 5.74) is 8.50. The molecule has 0 aliphatic carbocycles. The first-order valence-electron chi connectivity index (χ1n) is 7.49. The summed E-state index contributed by atoms with van der Waals surface area (Å²) >= 11 is 1.46. The lowest BCUT2D eigenvalue weighted by Crippen LogP contribution is -2.39. The zero-order valence-corrected chi connectivity index (χ0v) is 13.5. The zero-order chi connectivity index (χ0) is 16.2. The van der Waals surface area contributed by atoms with Crippen LogP contribution in [0.1, 0.15) is 16.9 Å². The number of primary amides is 1. The fraction of sp³-hybridized carbons (Fsp3) is 0.312. The van der Waals surface area contributed by atoms with E-state index in [0.29, 0.717) is 31.9 Å². The van der Waals surface area contributed by atoms with E-state index in [1.165, 1.54) is 11.3 Å². The van der Waals surface area contributed by atoms with E-state index in [1.807, 2.05) is 30.3 Å². The Bertz CT molecular complexity index is 701. The number of amides is 3. The summed E-state index contributed by atoms with van der Waals surface area (Å²) in [4.78, 5) is 32.6. The largest absolute Gasteiger partial charge is 0.351 e. The van der Waals surface area contributed by atoms with Gasteiger partial charge in [-0.2, -0.15) is 0 Å². The van der Waals surface area contributed by atoms with Gasteiger partial charge in [0.25, 0.3) is 5.91 Å². The van der Waals surface area contributed by atoms with Gasteiger partial charge in [-0.05, 0) is 12.0 Å². The second kappa shape index (κ2) is 6.78. The van der Waals surface area contributed by atoms with Gasteiger partial charge in [0, 0.05) is 26.2 Å². The summed E-state index contributed by atoms with van der Waals surface area (Å²) < 4.78 is 0. The van der Waals surface area contributed by atoms with Gasteiger partial charge in [0.2, 0.25) is 0 Å². The Morgan fingerprint density at radius 1 is 1.04 bits per heavy atom. The molecule has 2 N–H and O–H groups in total. The number of nitrogens with zero attached hydrogens (tertiary/aromatic N) is 3. The van der Waals surface area contributed by atoms with Crippen molar-refractivity contribution in [1.82, 2.24) is 14.8 Å². The number of aromatic nitrogens is 1. The molecule has 1 fully saturated rings. The lowest BCUT2D eigenvalue weighted by atomic mass is 10.1. The highest BCUT2D eigenvalue weighted by atomic mass is 32.1. The average Bonchev–Trinajstić information content (AvgIpc) is 2.92. The Balaban J connectivity index is 1.79. The van der Waals surface area contributed by atoms with E-state index >= 15 is 0 Å². The number of urea groups is 1. The monoisotopic (exact) mass is 330 g/mol. The van der Waals surface area contributed by atoms with E-state index in [4.69, 9.17) is 5.73 Å². The summed E-state index contributed by atoms with van der Waals surface area (Å²) in [6.45, 7) is 2.13. The minimum absolute atomic E-state index is 0.0866. The molecule has 1 aliphatic heterocycles. The van der Waals surface area contributed by atoms with E-state index < -0.39 is 6.03 Å². The third-order valence-corrected chi connectivity index (χ3v) is 4.78. The minimum Gasteiger partial charge on any atom is -0.351 e. The van der Waals surface area contributed by atoms with Gasteiger partial charge in [0.15, 0.2) is 0 Å². The fourth-order valence-electron chi connectivity index (χ4n) is 2.68. The van der Waals surface area contributed by atoms with Crippen LogP contribution in [0.25, 0.3) is 10.4 Å². The number of carbonyl (C=O) groups is 2. The van der Waals surface area contributed by atoms with Crippen LogP contribution in [-0.2, 0) is 0 Å². The van der Waals surface area contributed by atoms with Crippen molar-refractivity contribution < 1.29 is 9.59 Å². The van der Waals surface area contributed by atoms with Crippen molar-refractivity contribution in [2.45, 2.75) is 6.42 Å². The SMILES string of the molecule is NC(=O)N1CCCN(C(=O)c2ncsc2-c2ccccc2)CC1. The lowest BCUT2D eigenvalue weighted by Gasteiger charge is -2.20. The van der Waals surface area contributed by atoms with Crippen molar-refractivity contribution in [3.05, 3.63) is 41.5 Å². The Morgan fingerprint density at radius 2 is 1.74 bits per heavy atom. The quantitative estimate of drug-likeness (QED) is 0.915. The number of hydrogen-bond donors (Lipinski definition) is 1. The molecule has 1 saturated heterocycles. The van der Waals surface area contributed by atoms with Gasteiger partial charge in [-0.25, -0.2) is 9.78 Å². The van der Waals surface area contributed by atoms with Crippen molar-refractivity contribution >= 4 is 23.3 Å². The first-order valence-corrected chi connectivity index (χ1v) is 8.37. The maximum Gasteiger partial charge on any atom is 0.314 e. The Labute approximate surface area is 138 Å². The molecular weight excluding hydrogens is 312 g/mol. The molecule has 1 aromatic carbocycles. The van der Waals surface area contributed by atoms with Crippen LogP contribution in [0.5, 0.6) is 0 Å². The minimum atomic E-state index is -0.432. The molecule has 0 atom stereocenters. The smallest absolute Gasteiger partial charge is 0.314 e. The number of benzene rings is 1. The topological polar surface area (TPSA) is 79.5 Å². The number of rotatable bonds is 2. The van der Waals surface area contributed by atoms with Crippen LogP contribution in [-0.4, -0.2) is 52.9 Å². The normalized spacial score (nSPS) is 15.3. The molecule has 6 nitrogen and oxygen atoms in total. The number of carbonyl (C=O) groups excluding carboxylic acids is 2. The second-order valence-corrected chi connectivity index (χ2v) is 6.22. The average molecular weight is 330 g/mol. The van der Waals surface area contributed by atoms with E-state index in [9.17, 15) is 9.59 Å². The van der Waals surface area contributed by atoms with Crippen molar-refractivity contribution in [2.24, 2.45) is 5.73 Å². The molecule has 0 bridgehead atoms. The van der Waals surface area contributed by atoms with Crippen LogP contribution in [0, 0.1) is 0 Å².